The lowest BCUT2D eigenvalue weighted by Crippen LogP contribution is -2.43. The average molecular weight is 406 g/mol. The second-order valence-electron chi connectivity index (χ2n) is 8.36. The van der Waals surface area contributed by atoms with Crippen LogP contribution in [0.15, 0.2) is 54.6 Å². The van der Waals surface area contributed by atoms with Gasteiger partial charge in [-0.3, -0.25) is 4.79 Å². The molecular formula is C25H28FN3O. The molecule has 4 rings (SSSR count). The molecule has 1 saturated carbocycles. The van der Waals surface area contributed by atoms with Crippen molar-refractivity contribution in [1.82, 2.24) is 14.7 Å². The molecule has 0 bridgehead atoms. The smallest absolute Gasteiger partial charge is 0.233 e. The SMILES string of the molecule is Cc1nn(-c2ccccc2)c(C)c1CN(C)C(=O)C1(c2cccc(F)c2)CCCC1. The number of carbonyl (C=O) groups excluding carboxylic acids is 1. The minimum absolute atomic E-state index is 0.0665. The zero-order chi connectivity index (χ0) is 21.3. The highest BCUT2D eigenvalue weighted by molar-refractivity contribution is 5.88. The van der Waals surface area contributed by atoms with Crippen LogP contribution in [0.2, 0.25) is 0 Å². The summed E-state index contributed by atoms with van der Waals surface area (Å²) < 4.78 is 15.9. The van der Waals surface area contributed by atoms with E-state index in [0.29, 0.717) is 6.54 Å². The number of benzene rings is 2. The van der Waals surface area contributed by atoms with Gasteiger partial charge >= 0.3 is 0 Å². The molecule has 0 N–H and O–H groups in total. The van der Waals surface area contributed by atoms with Gasteiger partial charge < -0.3 is 4.90 Å². The Labute approximate surface area is 177 Å². The molecule has 30 heavy (non-hydrogen) atoms. The van der Waals surface area contributed by atoms with Crippen molar-refractivity contribution < 1.29 is 9.18 Å². The van der Waals surface area contributed by atoms with Crippen LogP contribution < -0.4 is 0 Å². The molecule has 0 aliphatic heterocycles. The van der Waals surface area contributed by atoms with Crippen molar-refractivity contribution in [3.05, 3.63) is 82.9 Å². The van der Waals surface area contributed by atoms with Crippen molar-refractivity contribution in [3.8, 4) is 5.69 Å². The molecule has 5 heteroatoms. The summed E-state index contributed by atoms with van der Waals surface area (Å²) in [6.45, 7) is 4.51. The van der Waals surface area contributed by atoms with Gasteiger partial charge in [0.25, 0.3) is 0 Å². The third-order valence-corrected chi connectivity index (χ3v) is 6.43. The quantitative estimate of drug-likeness (QED) is 0.592. The first-order chi connectivity index (χ1) is 14.4. The zero-order valence-electron chi connectivity index (χ0n) is 17.9. The van der Waals surface area contributed by atoms with Crippen molar-refractivity contribution in [3.63, 3.8) is 0 Å². The lowest BCUT2D eigenvalue weighted by molar-refractivity contribution is -0.136. The second kappa shape index (κ2) is 8.05. The van der Waals surface area contributed by atoms with Crippen LogP contribution in [0.5, 0.6) is 0 Å². The zero-order valence-corrected chi connectivity index (χ0v) is 17.9. The van der Waals surface area contributed by atoms with E-state index in [1.807, 2.05) is 62.0 Å². The topological polar surface area (TPSA) is 38.1 Å². The monoisotopic (exact) mass is 405 g/mol. The Bertz CT molecular complexity index is 1050. The largest absolute Gasteiger partial charge is 0.341 e. The minimum Gasteiger partial charge on any atom is -0.341 e. The third kappa shape index (κ3) is 3.53. The van der Waals surface area contributed by atoms with Gasteiger partial charge in [-0.05, 0) is 56.5 Å². The number of likely N-dealkylation sites (N-methyl/N-ethyl adjacent to an activating group) is 1. The van der Waals surface area contributed by atoms with Crippen molar-refractivity contribution >= 4 is 5.91 Å². The summed E-state index contributed by atoms with van der Waals surface area (Å²) in [6.07, 6.45) is 3.50. The van der Waals surface area contributed by atoms with E-state index >= 15 is 0 Å². The number of hydrogen-bond acceptors (Lipinski definition) is 2. The van der Waals surface area contributed by atoms with Crippen molar-refractivity contribution in [2.45, 2.75) is 51.5 Å². The Hall–Kier alpha value is -2.95. The highest BCUT2D eigenvalue weighted by Crippen LogP contribution is 2.43. The Morgan fingerprint density at radius 3 is 2.47 bits per heavy atom. The number of halogens is 1. The number of aromatic nitrogens is 2. The van der Waals surface area contributed by atoms with Crippen LogP contribution in [0.25, 0.3) is 5.69 Å². The summed E-state index contributed by atoms with van der Waals surface area (Å²) in [5.74, 6) is -0.220. The summed E-state index contributed by atoms with van der Waals surface area (Å²) in [5, 5.41) is 4.71. The summed E-state index contributed by atoms with van der Waals surface area (Å²) in [7, 11) is 1.85. The van der Waals surface area contributed by atoms with Gasteiger partial charge in [0.05, 0.1) is 16.8 Å². The van der Waals surface area contributed by atoms with Crippen LogP contribution in [0.3, 0.4) is 0 Å². The number of para-hydroxylation sites is 1. The normalized spacial score (nSPS) is 15.3. The fourth-order valence-corrected chi connectivity index (χ4v) is 4.79. The number of amides is 1. The molecule has 4 nitrogen and oxygen atoms in total. The summed E-state index contributed by atoms with van der Waals surface area (Å²) in [5.41, 5.74) is 4.18. The number of aryl methyl sites for hydroxylation is 1. The molecule has 1 amide bonds. The average Bonchev–Trinajstić information content (AvgIpc) is 3.35. The molecule has 0 saturated heterocycles. The molecule has 1 aliphatic rings. The fraction of sp³-hybridized carbons (Fsp3) is 0.360. The Morgan fingerprint density at radius 2 is 1.80 bits per heavy atom. The highest BCUT2D eigenvalue weighted by atomic mass is 19.1. The first-order valence-electron chi connectivity index (χ1n) is 10.5. The molecule has 156 valence electrons. The lowest BCUT2D eigenvalue weighted by Gasteiger charge is -2.33. The summed E-state index contributed by atoms with van der Waals surface area (Å²) in [6, 6.07) is 16.6. The molecule has 1 fully saturated rings. The Morgan fingerprint density at radius 1 is 1.10 bits per heavy atom. The highest BCUT2D eigenvalue weighted by Gasteiger charge is 2.44. The maximum Gasteiger partial charge on any atom is 0.233 e. The van der Waals surface area contributed by atoms with Gasteiger partial charge in [0, 0.05) is 24.8 Å². The fourth-order valence-electron chi connectivity index (χ4n) is 4.79. The second-order valence-corrected chi connectivity index (χ2v) is 8.36. The maximum absolute atomic E-state index is 13.9. The first-order valence-corrected chi connectivity index (χ1v) is 10.5. The number of rotatable bonds is 5. The van der Waals surface area contributed by atoms with E-state index in [9.17, 15) is 9.18 Å². The van der Waals surface area contributed by atoms with Gasteiger partial charge in [-0.25, -0.2) is 9.07 Å². The van der Waals surface area contributed by atoms with Crippen LogP contribution in [-0.4, -0.2) is 27.6 Å². The van der Waals surface area contributed by atoms with E-state index in [1.54, 1.807) is 11.0 Å². The van der Waals surface area contributed by atoms with Gasteiger partial charge in [0.2, 0.25) is 5.91 Å². The molecule has 1 aliphatic carbocycles. The predicted octanol–water partition coefficient (Wildman–Crippen LogP) is 5.10. The first kappa shape index (κ1) is 20.3. The van der Waals surface area contributed by atoms with E-state index in [0.717, 1.165) is 53.9 Å². The van der Waals surface area contributed by atoms with Gasteiger partial charge in [0.1, 0.15) is 5.82 Å². The summed E-state index contributed by atoms with van der Waals surface area (Å²) >= 11 is 0. The van der Waals surface area contributed by atoms with Crippen molar-refractivity contribution in [2.75, 3.05) is 7.05 Å². The molecule has 1 heterocycles. The van der Waals surface area contributed by atoms with E-state index in [-0.39, 0.29) is 11.7 Å². The van der Waals surface area contributed by atoms with Gasteiger partial charge in [0.15, 0.2) is 0 Å². The van der Waals surface area contributed by atoms with Crippen molar-refractivity contribution in [2.24, 2.45) is 0 Å². The van der Waals surface area contributed by atoms with E-state index in [4.69, 9.17) is 5.10 Å². The van der Waals surface area contributed by atoms with E-state index < -0.39 is 5.41 Å². The molecule has 0 atom stereocenters. The molecule has 0 radical (unpaired) electrons. The van der Waals surface area contributed by atoms with Crippen LogP contribution in [0, 0.1) is 19.7 Å². The number of carbonyl (C=O) groups is 1. The van der Waals surface area contributed by atoms with E-state index in [1.165, 1.54) is 12.1 Å². The number of hydrogen-bond donors (Lipinski definition) is 0. The van der Waals surface area contributed by atoms with Gasteiger partial charge in [-0.2, -0.15) is 5.10 Å². The number of nitrogens with zero attached hydrogens (tertiary/aromatic N) is 3. The lowest BCUT2D eigenvalue weighted by atomic mass is 9.77. The van der Waals surface area contributed by atoms with Crippen LogP contribution in [0.1, 0.15) is 48.2 Å². The van der Waals surface area contributed by atoms with Crippen LogP contribution >= 0.6 is 0 Å². The summed E-state index contributed by atoms with van der Waals surface area (Å²) in [4.78, 5) is 15.5. The Kier molecular flexibility index (Phi) is 5.46. The molecule has 0 unspecified atom stereocenters. The molecule has 1 aromatic heterocycles. The predicted molar refractivity (Wildman–Crippen MR) is 116 cm³/mol. The van der Waals surface area contributed by atoms with Gasteiger partial charge in [-0.15, -0.1) is 0 Å². The van der Waals surface area contributed by atoms with Crippen LogP contribution in [-0.2, 0) is 16.8 Å². The van der Waals surface area contributed by atoms with Crippen LogP contribution in [0.4, 0.5) is 4.39 Å². The van der Waals surface area contributed by atoms with E-state index in [2.05, 4.69) is 0 Å². The Balaban J connectivity index is 1.63. The maximum atomic E-state index is 13.9. The molecular weight excluding hydrogens is 377 g/mol. The molecule has 2 aromatic carbocycles. The standard InChI is InChI=1S/C25H28FN3O/c1-18-23(19(2)29(27-18)22-12-5-4-6-13-22)17-28(3)24(30)25(14-7-8-15-25)20-10-9-11-21(26)16-20/h4-6,9-13,16H,7-8,14-15,17H2,1-3H3. The third-order valence-electron chi connectivity index (χ3n) is 6.43. The minimum atomic E-state index is -0.631. The van der Waals surface area contributed by atoms with Crippen molar-refractivity contribution in [1.29, 1.82) is 0 Å². The van der Waals surface area contributed by atoms with Gasteiger partial charge in [-0.1, -0.05) is 43.2 Å². The molecule has 0 spiro atoms. The molecule has 3 aromatic rings.